The molecule has 1 aromatic heterocycles. The monoisotopic (exact) mass is 756 g/mol. The highest BCUT2D eigenvalue weighted by Gasteiger charge is 2.51. The average molecular weight is 757 g/mol. The zero-order valence-electron chi connectivity index (χ0n) is 33.0. The fraction of sp³-hybridized carbons (Fsp3) is 0.107. The number of rotatable bonds is 4. The van der Waals surface area contributed by atoms with Crippen molar-refractivity contribution in [2.45, 2.75) is 37.5 Å². The van der Waals surface area contributed by atoms with Gasteiger partial charge in [-0.15, -0.1) is 0 Å². The minimum atomic E-state index is -0.503. The molecule has 0 N–H and O–H groups in total. The van der Waals surface area contributed by atoms with Crippen molar-refractivity contribution in [3.05, 3.63) is 221 Å². The fourth-order valence-corrected chi connectivity index (χ4v) is 10.6. The maximum atomic E-state index is 6.91. The van der Waals surface area contributed by atoms with Gasteiger partial charge in [0.2, 0.25) is 0 Å². The van der Waals surface area contributed by atoms with E-state index in [1.807, 2.05) is 6.07 Å². The number of ether oxygens (including phenoxy) is 1. The van der Waals surface area contributed by atoms with Gasteiger partial charge < -0.3 is 4.74 Å². The van der Waals surface area contributed by atoms with E-state index in [9.17, 15) is 0 Å². The molecule has 3 nitrogen and oxygen atoms in total. The number of hydrogen-bond donors (Lipinski definition) is 0. The van der Waals surface area contributed by atoms with Crippen LogP contribution in [0.4, 0.5) is 0 Å². The van der Waals surface area contributed by atoms with Gasteiger partial charge in [0.25, 0.3) is 0 Å². The summed E-state index contributed by atoms with van der Waals surface area (Å²) in [6, 6.07) is 61.2. The van der Waals surface area contributed by atoms with Gasteiger partial charge in [0.05, 0.1) is 16.8 Å². The van der Waals surface area contributed by atoms with E-state index in [0.717, 1.165) is 69.1 Å². The number of allylic oxidation sites excluding steroid dienone is 4. The van der Waals surface area contributed by atoms with Gasteiger partial charge in [-0.1, -0.05) is 172 Å². The number of aromatic nitrogens is 2. The van der Waals surface area contributed by atoms with Crippen molar-refractivity contribution < 1.29 is 4.74 Å². The lowest BCUT2D eigenvalue weighted by atomic mass is 9.66. The molecule has 2 heterocycles. The first kappa shape index (κ1) is 34.0. The molecule has 1 spiro atoms. The lowest BCUT2D eigenvalue weighted by Gasteiger charge is -2.39. The van der Waals surface area contributed by atoms with E-state index in [1.165, 1.54) is 50.1 Å². The standard InChI is InChI=1S/C56H40N2O/c1-55(2)44-23-11-8-19-39(44)42-30-28-37(32-49(42)55)50-34-51(58-54(57-50)35-16-4-3-5-17-35)43-22-7-6-18-38(43)36-29-31-48-53(33-36)59-52-27-15-14-26-47(52)56(48)45-24-12-9-20-40(45)41-21-10-13-25-46(41)56/h3-7,9-18,20-34H,8,19H2,1-2H3. The molecule has 0 saturated carbocycles. The molecule has 0 radical (unpaired) electrons. The molecule has 0 bridgehead atoms. The molecule has 0 unspecified atom stereocenters. The van der Waals surface area contributed by atoms with E-state index in [-0.39, 0.29) is 5.41 Å². The van der Waals surface area contributed by atoms with Gasteiger partial charge in [-0.2, -0.15) is 0 Å². The second-order valence-electron chi connectivity index (χ2n) is 16.7. The predicted molar refractivity (Wildman–Crippen MR) is 239 cm³/mol. The van der Waals surface area contributed by atoms with Crippen molar-refractivity contribution in [1.82, 2.24) is 9.97 Å². The highest BCUT2D eigenvalue weighted by atomic mass is 16.5. The van der Waals surface area contributed by atoms with Crippen LogP contribution in [0.5, 0.6) is 11.5 Å². The first-order chi connectivity index (χ1) is 29.0. The molecular formula is C56H40N2O. The van der Waals surface area contributed by atoms with Crippen LogP contribution in [0.2, 0.25) is 0 Å². The molecule has 0 amide bonds. The smallest absolute Gasteiger partial charge is 0.160 e. The summed E-state index contributed by atoms with van der Waals surface area (Å²) in [5.41, 5.74) is 19.6. The molecular weight excluding hydrogens is 717 g/mol. The molecule has 7 aromatic carbocycles. The third-order valence-corrected chi connectivity index (χ3v) is 13.3. The third-order valence-electron chi connectivity index (χ3n) is 13.3. The van der Waals surface area contributed by atoms with Gasteiger partial charge >= 0.3 is 0 Å². The van der Waals surface area contributed by atoms with Crippen LogP contribution in [-0.4, -0.2) is 9.97 Å². The molecule has 59 heavy (non-hydrogen) atoms. The fourth-order valence-electron chi connectivity index (χ4n) is 10.6. The van der Waals surface area contributed by atoms with Crippen LogP contribution >= 0.6 is 0 Å². The summed E-state index contributed by atoms with van der Waals surface area (Å²) < 4.78 is 6.91. The van der Waals surface area contributed by atoms with E-state index >= 15 is 0 Å². The number of benzene rings is 7. The molecule has 3 heteroatoms. The second-order valence-corrected chi connectivity index (χ2v) is 16.7. The van der Waals surface area contributed by atoms with Gasteiger partial charge in [-0.25, -0.2) is 9.97 Å². The molecule has 280 valence electrons. The van der Waals surface area contributed by atoms with Crippen molar-refractivity contribution in [3.63, 3.8) is 0 Å². The van der Waals surface area contributed by atoms with E-state index in [0.29, 0.717) is 5.82 Å². The number of para-hydroxylation sites is 1. The van der Waals surface area contributed by atoms with Gasteiger partial charge in [0.1, 0.15) is 11.5 Å². The summed E-state index contributed by atoms with van der Waals surface area (Å²) >= 11 is 0. The lowest BCUT2D eigenvalue weighted by Crippen LogP contribution is -2.32. The molecule has 1 aliphatic heterocycles. The minimum Gasteiger partial charge on any atom is -0.457 e. The van der Waals surface area contributed by atoms with Crippen molar-refractivity contribution in [2.75, 3.05) is 0 Å². The summed E-state index contributed by atoms with van der Waals surface area (Å²) in [6.45, 7) is 4.72. The van der Waals surface area contributed by atoms with Gasteiger partial charge in [0.15, 0.2) is 5.82 Å². The van der Waals surface area contributed by atoms with Crippen LogP contribution in [0.25, 0.3) is 61.7 Å². The Morgan fingerprint density at radius 1 is 0.458 bits per heavy atom. The van der Waals surface area contributed by atoms with Crippen LogP contribution in [-0.2, 0) is 10.8 Å². The molecule has 0 fully saturated rings. The Hall–Kier alpha value is -7.10. The topological polar surface area (TPSA) is 35.0 Å². The SMILES string of the molecule is CC1(C)C2=C(CCC=C2)c2ccc(-c3cc(-c4ccccc4-c4ccc5c(c4)Oc4ccccc4C54c5ccccc5-c5ccccc54)nc(-c4ccccc4)n3)cc21. The average Bonchev–Trinajstić information content (AvgIpc) is 3.72. The highest BCUT2D eigenvalue weighted by Crippen LogP contribution is 2.62. The first-order valence-electron chi connectivity index (χ1n) is 20.7. The Balaban J connectivity index is 1.02. The zero-order chi connectivity index (χ0) is 39.3. The number of nitrogens with zero attached hydrogens (tertiary/aromatic N) is 2. The number of hydrogen-bond acceptors (Lipinski definition) is 3. The van der Waals surface area contributed by atoms with Crippen molar-refractivity contribution in [1.29, 1.82) is 0 Å². The summed E-state index contributed by atoms with van der Waals surface area (Å²) in [5, 5.41) is 0. The van der Waals surface area contributed by atoms with Crippen molar-refractivity contribution in [3.8, 4) is 67.7 Å². The maximum Gasteiger partial charge on any atom is 0.160 e. The molecule has 8 aromatic rings. The van der Waals surface area contributed by atoms with Crippen LogP contribution in [0, 0.1) is 0 Å². The second kappa shape index (κ2) is 12.7. The van der Waals surface area contributed by atoms with E-state index in [2.05, 4.69) is 190 Å². The lowest BCUT2D eigenvalue weighted by molar-refractivity contribution is 0.436. The Bertz CT molecular complexity index is 3070. The van der Waals surface area contributed by atoms with Crippen LogP contribution in [0.3, 0.4) is 0 Å². The zero-order valence-corrected chi connectivity index (χ0v) is 33.0. The van der Waals surface area contributed by atoms with Crippen LogP contribution in [0.1, 0.15) is 60.1 Å². The third kappa shape index (κ3) is 4.88. The van der Waals surface area contributed by atoms with Crippen molar-refractivity contribution in [2.24, 2.45) is 0 Å². The Kier molecular flexibility index (Phi) is 7.32. The summed E-state index contributed by atoms with van der Waals surface area (Å²) in [6.07, 6.45) is 6.86. The van der Waals surface area contributed by atoms with Crippen LogP contribution < -0.4 is 4.74 Å². The Morgan fingerprint density at radius 2 is 1.08 bits per heavy atom. The number of fused-ring (bicyclic) bond motifs is 11. The summed E-state index contributed by atoms with van der Waals surface area (Å²) in [5.74, 6) is 2.45. The predicted octanol–water partition coefficient (Wildman–Crippen LogP) is 14.0. The van der Waals surface area contributed by atoms with Crippen molar-refractivity contribution >= 4 is 5.57 Å². The molecule has 3 aliphatic carbocycles. The minimum absolute atomic E-state index is 0.0708. The maximum absolute atomic E-state index is 6.91. The van der Waals surface area contributed by atoms with Gasteiger partial charge in [0, 0.05) is 33.2 Å². The first-order valence-corrected chi connectivity index (χ1v) is 20.7. The quantitative estimate of drug-likeness (QED) is 0.179. The molecule has 0 saturated heterocycles. The highest BCUT2D eigenvalue weighted by molar-refractivity contribution is 5.91. The Labute approximate surface area is 345 Å². The van der Waals surface area contributed by atoms with E-state index in [1.54, 1.807) is 0 Å². The van der Waals surface area contributed by atoms with E-state index < -0.39 is 5.41 Å². The summed E-state index contributed by atoms with van der Waals surface area (Å²) in [4.78, 5) is 10.6. The molecule has 4 aliphatic rings. The Morgan fingerprint density at radius 3 is 1.86 bits per heavy atom. The molecule has 0 atom stereocenters. The largest absolute Gasteiger partial charge is 0.457 e. The van der Waals surface area contributed by atoms with Gasteiger partial charge in [-0.3, -0.25) is 0 Å². The van der Waals surface area contributed by atoms with Crippen LogP contribution in [0.15, 0.2) is 188 Å². The molecule has 12 rings (SSSR count). The van der Waals surface area contributed by atoms with E-state index in [4.69, 9.17) is 14.7 Å². The van der Waals surface area contributed by atoms with Gasteiger partial charge in [-0.05, 0) is 92.8 Å². The summed E-state index contributed by atoms with van der Waals surface area (Å²) in [7, 11) is 0. The normalized spacial score (nSPS) is 15.8.